The number of hydrogen-bond acceptors (Lipinski definition) is 2. The van der Waals surface area contributed by atoms with E-state index in [2.05, 4.69) is 5.32 Å². The summed E-state index contributed by atoms with van der Waals surface area (Å²) >= 11 is 6.04. The molecule has 3 unspecified atom stereocenters. The Kier molecular flexibility index (Phi) is 5.46. The molecule has 0 saturated carbocycles. The van der Waals surface area contributed by atoms with E-state index in [0.717, 1.165) is 5.56 Å². The molecule has 1 rings (SSSR count). The minimum atomic E-state index is -0.903. The van der Waals surface area contributed by atoms with Crippen LogP contribution in [0.15, 0.2) is 24.3 Å². The average molecular weight is 260 g/mol. The quantitative estimate of drug-likeness (QED) is 0.881. The summed E-state index contributed by atoms with van der Waals surface area (Å²) in [4.78, 5) is 0. The Labute approximate surface area is 105 Å². The lowest BCUT2D eigenvalue weighted by atomic mass is 10.2. The van der Waals surface area contributed by atoms with E-state index in [1.54, 1.807) is 0 Å². The van der Waals surface area contributed by atoms with Gasteiger partial charge in [-0.1, -0.05) is 29.8 Å². The van der Waals surface area contributed by atoms with E-state index in [9.17, 15) is 4.21 Å². The van der Waals surface area contributed by atoms with Crippen LogP contribution in [0.2, 0.25) is 5.02 Å². The molecule has 0 bridgehead atoms. The molecule has 0 heterocycles. The van der Waals surface area contributed by atoms with E-state index in [1.807, 2.05) is 45.2 Å². The Morgan fingerprint density at radius 2 is 2.00 bits per heavy atom. The maximum atomic E-state index is 12.1. The standard InChI is InChI=1S/C12H18ClNOS/c1-9(14-3)10(2)16(15)8-11-6-4-5-7-12(11)13/h4-7,9-10,14H,8H2,1-3H3. The van der Waals surface area contributed by atoms with Crippen LogP contribution in [0.5, 0.6) is 0 Å². The van der Waals surface area contributed by atoms with Gasteiger partial charge in [0, 0.05) is 27.1 Å². The normalized spacial score (nSPS) is 16.8. The van der Waals surface area contributed by atoms with Crippen molar-refractivity contribution in [2.24, 2.45) is 0 Å². The third-order valence-corrected chi connectivity index (χ3v) is 5.03. The van der Waals surface area contributed by atoms with Gasteiger partial charge in [-0.3, -0.25) is 4.21 Å². The molecular weight excluding hydrogens is 242 g/mol. The second kappa shape index (κ2) is 6.38. The molecule has 16 heavy (non-hydrogen) atoms. The number of nitrogens with one attached hydrogen (secondary N) is 1. The molecule has 0 radical (unpaired) electrons. The first-order valence-electron chi connectivity index (χ1n) is 5.34. The summed E-state index contributed by atoms with van der Waals surface area (Å²) in [7, 11) is 0.980. The van der Waals surface area contributed by atoms with E-state index in [1.165, 1.54) is 0 Å². The highest BCUT2D eigenvalue weighted by Crippen LogP contribution is 2.18. The molecule has 3 atom stereocenters. The van der Waals surface area contributed by atoms with Gasteiger partial charge in [0.05, 0.1) is 5.75 Å². The predicted molar refractivity (Wildman–Crippen MR) is 71.3 cm³/mol. The Morgan fingerprint density at radius 1 is 1.38 bits per heavy atom. The second-order valence-electron chi connectivity index (χ2n) is 3.90. The Balaban J connectivity index is 2.68. The summed E-state index contributed by atoms with van der Waals surface area (Å²) in [6.45, 7) is 4.03. The molecule has 1 aromatic rings. The third-order valence-electron chi connectivity index (χ3n) is 2.83. The lowest BCUT2D eigenvalue weighted by Gasteiger charge is -2.18. The zero-order valence-corrected chi connectivity index (χ0v) is 11.4. The van der Waals surface area contributed by atoms with E-state index in [4.69, 9.17) is 11.6 Å². The second-order valence-corrected chi connectivity index (χ2v) is 6.10. The fourth-order valence-electron chi connectivity index (χ4n) is 1.36. The maximum Gasteiger partial charge on any atom is 0.0503 e. The molecule has 0 aromatic heterocycles. The summed E-state index contributed by atoms with van der Waals surface area (Å²) in [5, 5.41) is 3.93. The van der Waals surface area contributed by atoms with Crippen molar-refractivity contribution in [3.05, 3.63) is 34.9 Å². The van der Waals surface area contributed by atoms with Gasteiger partial charge in [-0.25, -0.2) is 0 Å². The van der Waals surface area contributed by atoms with Crippen molar-refractivity contribution in [1.29, 1.82) is 0 Å². The van der Waals surface area contributed by atoms with Crippen LogP contribution < -0.4 is 5.32 Å². The van der Waals surface area contributed by atoms with E-state index < -0.39 is 10.8 Å². The molecule has 0 spiro atoms. The predicted octanol–water partition coefficient (Wildman–Crippen LogP) is 2.59. The summed E-state index contributed by atoms with van der Waals surface area (Å²) in [5.41, 5.74) is 0.956. The fraction of sp³-hybridized carbons (Fsp3) is 0.500. The Morgan fingerprint density at radius 3 is 2.56 bits per heavy atom. The van der Waals surface area contributed by atoms with Crippen molar-refractivity contribution in [2.45, 2.75) is 30.9 Å². The first-order chi connectivity index (χ1) is 7.56. The molecule has 0 aliphatic carbocycles. The lowest BCUT2D eigenvalue weighted by Crippen LogP contribution is -2.36. The first-order valence-corrected chi connectivity index (χ1v) is 7.10. The zero-order chi connectivity index (χ0) is 12.1. The molecular formula is C12H18ClNOS. The van der Waals surface area contributed by atoms with Crippen LogP contribution in [0.3, 0.4) is 0 Å². The van der Waals surface area contributed by atoms with Gasteiger partial charge >= 0.3 is 0 Å². The van der Waals surface area contributed by atoms with Crippen molar-refractivity contribution in [1.82, 2.24) is 5.32 Å². The minimum Gasteiger partial charge on any atom is -0.316 e. The molecule has 0 aliphatic heterocycles. The van der Waals surface area contributed by atoms with Crippen LogP contribution in [0.1, 0.15) is 19.4 Å². The number of hydrogen-bond donors (Lipinski definition) is 1. The third kappa shape index (κ3) is 3.58. The molecule has 4 heteroatoms. The zero-order valence-electron chi connectivity index (χ0n) is 9.87. The molecule has 0 fully saturated rings. The van der Waals surface area contributed by atoms with Crippen LogP contribution in [-0.4, -0.2) is 22.5 Å². The van der Waals surface area contributed by atoms with Gasteiger partial charge < -0.3 is 5.32 Å². The van der Waals surface area contributed by atoms with Crippen LogP contribution >= 0.6 is 11.6 Å². The highest BCUT2D eigenvalue weighted by molar-refractivity contribution is 7.84. The number of rotatable bonds is 5. The fourth-order valence-corrected chi connectivity index (χ4v) is 3.06. The van der Waals surface area contributed by atoms with Gasteiger partial charge in [0.25, 0.3) is 0 Å². The van der Waals surface area contributed by atoms with Crippen molar-refractivity contribution in [3.8, 4) is 0 Å². The van der Waals surface area contributed by atoms with Gasteiger partial charge in [0.1, 0.15) is 0 Å². The molecule has 90 valence electrons. The molecule has 1 aromatic carbocycles. The summed E-state index contributed by atoms with van der Waals surface area (Å²) in [5.74, 6) is 0.521. The minimum absolute atomic E-state index is 0.112. The molecule has 1 N–H and O–H groups in total. The average Bonchev–Trinajstić information content (AvgIpc) is 2.30. The van der Waals surface area contributed by atoms with Gasteiger partial charge in [-0.15, -0.1) is 0 Å². The van der Waals surface area contributed by atoms with Gasteiger partial charge in [0.15, 0.2) is 0 Å². The smallest absolute Gasteiger partial charge is 0.0503 e. The van der Waals surface area contributed by atoms with Gasteiger partial charge in [0.2, 0.25) is 0 Å². The van der Waals surface area contributed by atoms with Gasteiger partial charge in [-0.05, 0) is 32.5 Å². The van der Waals surface area contributed by atoms with Crippen molar-refractivity contribution in [2.75, 3.05) is 7.05 Å². The number of benzene rings is 1. The van der Waals surface area contributed by atoms with Crippen LogP contribution in [0.4, 0.5) is 0 Å². The highest BCUT2D eigenvalue weighted by atomic mass is 35.5. The topological polar surface area (TPSA) is 29.1 Å². The maximum absolute atomic E-state index is 12.1. The van der Waals surface area contributed by atoms with Crippen molar-refractivity contribution < 1.29 is 4.21 Å². The van der Waals surface area contributed by atoms with Gasteiger partial charge in [-0.2, -0.15) is 0 Å². The van der Waals surface area contributed by atoms with E-state index in [-0.39, 0.29) is 11.3 Å². The van der Waals surface area contributed by atoms with Crippen LogP contribution in [0, 0.1) is 0 Å². The number of halogens is 1. The molecule has 0 aliphatic rings. The largest absolute Gasteiger partial charge is 0.316 e. The Bertz CT molecular complexity index is 370. The monoisotopic (exact) mass is 259 g/mol. The first kappa shape index (κ1) is 13.7. The summed E-state index contributed by atoms with van der Waals surface area (Å²) in [6, 6.07) is 7.80. The van der Waals surface area contributed by atoms with Crippen molar-refractivity contribution in [3.63, 3.8) is 0 Å². The Hall–Kier alpha value is -0.380. The highest BCUT2D eigenvalue weighted by Gasteiger charge is 2.18. The molecule has 0 amide bonds. The summed E-state index contributed by atoms with van der Waals surface area (Å²) in [6.07, 6.45) is 0. The van der Waals surface area contributed by atoms with Crippen LogP contribution in [0.25, 0.3) is 0 Å². The van der Waals surface area contributed by atoms with Crippen molar-refractivity contribution >= 4 is 22.4 Å². The van der Waals surface area contributed by atoms with E-state index in [0.29, 0.717) is 10.8 Å². The lowest BCUT2D eigenvalue weighted by molar-refractivity contribution is 0.583. The SMILES string of the molecule is CNC(C)C(C)S(=O)Cc1ccccc1Cl. The van der Waals surface area contributed by atoms with E-state index >= 15 is 0 Å². The molecule has 0 saturated heterocycles. The summed E-state index contributed by atoms with van der Waals surface area (Å²) < 4.78 is 12.1. The van der Waals surface area contributed by atoms with Crippen LogP contribution in [-0.2, 0) is 16.6 Å². The molecule has 2 nitrogen and oxygen atoms in total.